The normalized spacial score (nSPS) is 9.95. The SMILES string of the molecule is CN(CC(=O)c1cc(F)ccc1O)c1ccc(C#N)cc1. The summed E-state index contributed by atoms with van der Waals surface area (Å²) in [5.74, 6) is -1.20. The molecule has 0 aliphatic rings. The van der Waals surface area contributed by atoms with Crippen LogP contribution in [0.4, 0.5) is 10.1 Å². The van der Waals surface area contributed by atoms with E-state index in [0.717, 1.165) is 23.9 Å². The number of phenols is 1. The van der Waals surface area contributed by atoms with Gasteiger partial charge in [0.1, 0.15) is 11.6 Å². The predicted molar refractivity (Wildman–Crippen MR) is 76.8 cm³/mol. The molecule has 106 valence electrons. The minimum absolute atomic E-state index is 0.0110. The maximum Gasteiger partial charge on any atom is 0.185 e. The Balaban J connectivity index is 2.14. The number of likely N-dealkylation sites (N-methyl/N-ethyl adjacent to an activating group) is 1. The highest BCUT2D eigenvalue weighted by Crippen LogP contribution is 2.20. The van der Waals surface area contributed by atoms with E-state index in [9.17, 15) is 14.3 Å². The second kappa shape index (κ2) is 6.06. The topological polar surface area (TPSA) is 64.3 Å². The number of phenolic OH excluding ortho intramolecular Hbond substituents is 1. The van der Waals surface area contributed by atoms with Gasteiger partial charge < -0.3 is 10.0 Å². The first kappa shape index (κ1) is 14.5. The molecule has 5 heteroatoms. The van der Waals surface area contributed by atoms with E-state index in [0.29, 0.717) is 5.56 Å². The Labute approximate surface area is 121 Å². The molecule has 0 bridgehead atoms. The first-order chi connectivity index (χ1) is 10.0. The molecule has 0 aliphatic heterocycles. The van der Waals surface area contributed by atoms with Crippen molar-refractivity contribution in [1.82, 2.24) is 0 Å². The molecular formula is C16H13FN2O2. The number of carbonyl (C=O) groups excluding carboxylic acids is 1. The molecule has 2 aromatic carbocycles. The summed E-state index contributed by atoms with van der Waals surface area (Å²) in [7, 11) is 1.70. The molecule has 0 saturated carbocycles. The van der Waals surface area contributed by atoms with Gasteiger partial charge in [-0.25, -0.2) is 4.39 Å². The maximum absolute atomic E-state index is 13.1. The second-order valence-electron chi connectivity index (χ2n) is 4.60. The molecule has 2 rings (SSSR count). The van der Waals surface area contributed by atoms with Crippen LogP contribution in [0.25, 0.3) is 0 Å². The number of halogens is 1. The zero-order valence-corrected chi connectivity index (χ0v) is 11.4. The van der Waals surface area contributed by atoms with Crippen LogP contribution in [-0.2, 0) is 0 Å². The van der Waals surface area contributed by atoms with Gasteiger partial charge >= 0.3 is 0 Å². The van der Waals surface area contributed by atoms with Crippen molar-refractivity contribution in [2.24, 2.45) is 0 Å². The zero-order chi connectivity index (χ0) is 15.4. The minimum atomic E-state index is -0.572. The Morgan fingerprint density at radius 1 is 1.29 bits per heavy atom. The van der Waals surface area contributed by atoms with Gasteiger partial charge in [-0.1, -0.05) is 0 Å². The molecule has 1 N–H and O–H groups in total. The fourth-order valence-corrected chi connectivity index (χ4v) is 1.91. The van der Waals surface area contributed by atoms with Gasteiger partial charge in [0.15, 0.2) is 5.78 Å². The summed E-state index contributed by atoms with van der Waals surface area (Å²) in [6.07, 6.45) is 0. The van der Waals surface area contributed by atoms with Crippen molar-refractivity contribution in [2.75, 3.05) is 18.5 Å². The molecule has 0 unspecified atom stereocenters. The largest absolute Gasteiger partial charge is 0.507 e. The number of rotatable bonds is 4. The molecule has 21 heavy (non-hydrogen) atoms. The molecule has 0 fully saturated rings. The van der Waals surface area contributed by atoms with Gasteiger partial charge in [-0.05, 0) is 42.5 Å². The van der Waals surface area contributed by atoms with Crippen molar-refractivity contribution in [3.8, 4) is 11.8 Å². The van der Waals surface area contributed by atoms with Crippen LogP contribution in [0.5, 0.6) is 5.75 Å². The van der Waals surface area contributed by atoms with Crippen LogP contribution in [0.2, 0.25) is 0 Å². The van der Waals surface area contributed by atoms with Crippen LogP contribution < -0.4 is 4.90 Å². The molecule has 0 radical (unpaired) electrons. The summed E-state index contributed by atoms with van der Waals surface area (Å²) in [5, 5.41) is 18.4. The number of aromatic hydroxyl groups is 1. The van der Waals surface area contributed by atoms with Crippen molar-refractivity contribution in [3.63, 3.8) is 0 Å². The van der Waals surface area contributed by atoms with E-state index in [1.165, 1.54) is 0 Å². The number of nitriles is 1. The standard InChI is InChI=1S/C16H13FN2O2/c1-19(13-5-2-11(9-18)3-6-13)10-16(21)14-8-12(17)4-7-15(14)20/h2-8,20H,10H2,1H3. The Kier molecular flexibility index (Phi) is 4.19. The smallest absolute Gasteiger partial charge is 0.185 e. The molecule has 0 aromatic heterocycles. The number of ketones is 1. The summed E-state index contributed by atoms with van der Waals surface area (Å²) in [5.41, 5.74) is 1.23. The predicted octanol–water partition coefficient (Wildman–Crippen LogP) is 2.72. The van der Waals surface area contributed by atoms with Crippen LogP contribution in [0.15, 0.2) is 42.5 Å². The van der Waals surface area contributed by atoms with Gasteiger partial charge in [0, 0.05) is 12.7 Å². The molecule has 0 amide bonds. The molecule has 0 saturated heterocycles. The van der Waals surface area contributed by atoms with E-state index in [-0.39, 0.29) is 23.6 Å². The Morgan fingerprint density at radius 2 is 1.95 bits per heavy atom. The highest BCUT2D eigenvalue weighted by Gasteiger charge is 2.14. The van der Waals surface area contributed by atoms with Crippen LogP contribution >= 0.6 is 0 Å². The number of nitrogens with zero attached hydrogens (tertiary/aromatic N) is 2. The van der Waals surface area contributed by atoms with Crippen molar-refractivity contribution in [2.45, 2.75) is 0 Å². The lowest BCUT2D eigenvalue weighted by atomic mass is 10.1. The van der Waals surface area contributed by atoms with Crippen molar-refractivity contribution >= 4 is 11.5 Å². The average Bonchev–Trinajstić information content (AvgIpc) is 2.49. The van der Waals surface area contributed by atoms with Gasteiger partial charge in [0.05, 0.1) is 23.7 Å². The highest BCUT2D eigenvalue weighted by atomic mass is 19.1. The lowest BCUT2D eigenvalue weighted by Crippen LogP contribution is -2.25. The third-order valence-electron chi connectivity index (χ3n) is 3.08. The minimum Gasteiger partial charge on any atom is -0.507 e. The summed E-state index contributed by atoms with van der Waals surface area (Å²) >= 11 is 0. The fraction of sp³-hybridized carbons (Fsp3) is 0.125. The quantitative estimate of drug-likeness (QED) is 0.877. The molecule has 2 aromatic rings. The van der Waals surface area contributed by atoms with Crippen LogP contribution in [0.3, 0.4) is 0 Å². The van der Waals surface area contributed by atoms with Gasteiger partial charge in [-0.3, -0.25) is 4.79 Å². The van der Waals surface area contributed by atoms with E-state index < -0.39 is 5.82 Å². The Morgan fingerprint density at radius 3 is 2.57 bits per heavy atom. The number of anilines is 1. The molecule has 4 nitrogen and oxygen atoms in total. The van der Waals surface area contributed by atoms with Crippen molar-refractivity contribution in [1.29, 1.82) is 5.26 Å². The molecule has 0 atom stereocenters. The molecule has 0 heterocycles. The van der Waals surface area contributed by atoms with Gasteiger partial charge in [-0.15, -0.1) is 0 Å². The summed E-state index contributed by atoms with van der Waals surface area (Å²) in [6, 6.07) is 12.0. The lowest BCUT2D eigenvalue weighted by molar-refractivity contribution is 0.0997. The van der Waals surface area contributed by atoms with Crippen LogP contribution in [-0.4, -0.2) is 24.5 Å². The molecule has 0 aliphatic carbocycles. The monoisotopic (exact) mass is 284 g/mol. The molecular weight excluding hydrogens is 271 g/mol. The van der Waals surface area contributed by atoms with E-state index >= 15 is 0 Å². The zero-order valence-electron chi connectivity index (χ0n) is 11.4. The third kappa shape index (κ3) is 3.37. The van der Waals surface area contributed by atoms with Crippen molar-refractivity contribution < 1.29 is 14.3 Å². The van der Waals surface area contributed by atoms with E-state index in [1.807, 2.05) is 6.07 Å². The lowest BCUT2D eigenvalue weighted by Gasteiger charge is -2.18. The number of hydrogen-bond acceptors (Lipinski definition) is 4. The highest BCUT2D eigenvalue weighted by molar-refractivity contribution is 6.01. The second-order valence-corrected chi connectivity index (χ2v) is 4.60. The van der Waals surface area contributed by atoms with Gasteiger partial charge in [0.25, 0.3) is 0 Å². The first-order valence-corrected chi connectivity index (χ1v) is 6.24. The maximum atomic E-state index is 13.1. The molecule has 0 spiro atoms. The fourth-order valence-electron chi connectivity index (χ4n) is 1.91. The summed E-state index contributed by atoms with van der Waals surface area (Å²) in [6.45, 7) is -0.0110. The van der Waals surface area contributed by atoms with Gasteiger partial charge in [0.2, 0.25) is 0 Å². The van der Waals surface area contributed by atoms with Crippen molar-refractivity contribution in [3.05, 3.63) is 59.4 Å². The Bertz CT molecular complexity index is 705. The van der Waals surface area contributed by atoms with Gasteiger partial charge in [-0.2, -0.15) is 5.26 Å². The number of Topliss-reactive ketones (excluding diaryl/α,β-unsaturated/α-hetero) is 1. The Hall–Kier alpha value is -2.87. The van der Waals surface area contributed by atoms with E-state index in [1.54, 1.807) is 36.2 Å². The number of benzene rings is 2. The van der Waals surface area contributed by atoms with Crippen LogP contribution in [0, 0.1) is 17.1 Å². The number of hydrogen-bond donors (Lipinski definition) is 1. The first-order valence-electron chi connectivity index (χ1n) is 6.24. The number of carbonyl (C=O) groups is 1. The summed E-state index contributed by atoms with van der Waals surface area (Å²) in [4.78, 5) is 13.8. The summed E-state index contributed by atoms with van der Waals surface area (Å²) < 4.78 is 13.1. The average molecular weight is 284 g/mol. The van der Waals surface area contributed by atoms with E-state index in [4.69, 9.17) is 5.26 Å². The van der Waals surface area contributed by atoms with E-state index in [2.05, 4.69) is 0 Å². The third-order valence-corrected chi connectivity index (χ3v) is 3.08. The van der Waals surface area contributed by atoms with Crippen LogP contribution in [0.1, 0.15) is 15.9 Å².